The largest absolute Gasteiger partial charge is 0.354 e. The molecule has 22 heavy (non-hydrogen) atoms. The van der Waals surface area contributed by atoms with Crippen molar-refractivity contribution in [3.8, 4) is 0 Å². The van der Waals surface area contributed by atoms with Crippen LogP contribution in [0.1, 0.15) is 18.5 Å². The lowest BCUT2D eigenvalue weighted by molar-refractivity contribution is -0.127. The van der Waals surface area contributed by atoms with Crippen LogP contribution in [0.25, 0.3) is 0 Å². The monoisotopic (exact) mass is 437 g/mol. The van der Waals surface area contributed by atoms with E-state index in [0.717, 1.165) is 18.5 Å². The quantitative estimate of drug-likeness (QED) is 0.417. The second kappa shape index (κ2) is 9.14. The number of halogens is 2. The first kappa shape index (κ1) is 19.0. The van der Waals surface area contributed by atoms with Crippen LogP contribution in [0, 0.1) is 0 Å². The lowest BCUT2D eigenvalue weighted by atomic mass is 10.3. The number of hydrogen-bond donors (Lipinski definition) is 2. The molecule has 0 saturated heterocycles. The highest BCUT2D eigenvalue weighted by molar-refractivity contribution is 14.0. The van der Waals surface area contributed by atoms with Crippen LogP contribution in [0.15, 0.2) is 23.3 Å². The Morgan fingerprint density at radius 2 is 2.18 bits per heavy atom. The maximum Gasteiger partial charge on any atom is 0.241 e. The normalized spacial score (nSPS) is 14.0. The van der Waals surface area contributed by atoms with Crippen LogP contribution in [0.2, 0.25) is 5.02 Å². The maximum atomic E-state index is 11.6. The lowest BCUT2D eigenvalue weighted by Crippen LogP contribution is -2.43. The summed E-state index contributed by atoms with van der Waals surface area (Å²) < 4.78 is 0. The highest BCUT2D eigenvalue weighted by Crippen LogP contribution is 2.18. The minimum atomic E-state index is 0. The number of rotatable bonds is 5. The summed E-state index contributed by atoms with van der Waals surface area (Å²) in [5, 5.41) is 6.93. The number of aromatic nitrogens is 1. The number of carbonyl (C=O) groups is 1. The molecule has 122 valence electrons. The molecule has 0 bridgehead atoms. The van der Waals surface area contributed by atoms with Crippen LogP contribution < -0.4 is 10.6 Å². The molecule has 1 heterocycles. The molecule has 1 fully saturated rings. The summed E-state index contributed by atoms with van der Waals surface area (Å²) in [7, 11) is 3.46. The average molecular weight is 438 g/mol. The van der Waals surface area contributed by atoms with Crippen molar-refractivity contribution in [3.63, 3.8) is 0 Å². The molecule has 0 unspecified atom stereocenters. The minimum Gasteiger partial charge on any atom is -0.354 e. The van der Waals surface area contributed by atoms with Gasteiger partial charge in [0.05, 0.1) is 23.8 Å². The fraction of sp³-hybridized carbons (Fsp3) is 0.500. The molecule has 2 rings (SSSR count). The van der Waals surface area contributed by atoms with E-state index in [0.29, 0.717) is 23.6 Å². The predicted molar refractivity (Wildman–Crippen MR) is 98.7 cm³/mol. The molecule has 1 aliphatic carbocycles. The number of guanidine groups is 1. The molecule has 0 aromatic carbocycles. The summed E-state index contributed by atoms with van der Waals surface area (Å²) in [5.74, 6) is 0.648. The van der Waals surface area contributed by atoms with Gasteiger partial charge in [-0.1, -0.05) is 11.6 Å². The summed E-state index contributed by atoms with van der Waals surface area (Å²) >= 11 is 5.80. The summed E-state index contributed by atoms with van der Waals surface area (Å²) in [5.41, 5.74) is 0.829. The van der Waals surface area contributed by atoms with Gasteiger partial charge in [0.25, 0.3) is 0 Å². The standard InChI is InChI=1S/C14H20ClN5O.HI/c1-20(2)13(21)9-18-14(19-11-5-6-11)17-8-12-4-3-10(15)7-16-12;/h3-4,7,11H,5-6,8-9H2,1-2H3,(H2,17,18,19);1H. The number of hydrogen-bond acceptors (Lipinski definition) is 3. The van der Waals surface area contributed by atoms with Crippen molar-refractivity contribution in [3.05, 3.63) is 29.0 Å². The highest BCUT2D eigenvalue weighted by Gasteiger charge is 2.22. The second-order valence-electron chi connectivity index (χ2n) is 5.19. The first-order valence-corrected chi connectivity index (χ1v) is 7.28. The summed E-state index contributed by atoms with van der Waals surface area (Å²) in [6.45, 7) is 0.662. The van der Waals surface area contributed by atoms with Gasteiger partial charge in [-0.2, -0.15) is 0 Å². The van der Waals surface area contributed by atoms with Gasteiger partial charge in [-0.05, 0) is 25.0 Å². The van der Waals surface area contributed by atoms with E-state index in [9.17, 15) is 4.79 Å². The third-order valence-electron chi connectivity index (χ3n) is 3.01. The van der Waals surface area contributed by atoms with Gasteiger partial charge in [0.15, 0.2) is 5.96 Å². The topological polar surface area (TPSA) is 69.6 Å². The zero-order valence-electron chi connectivity index (χ0n) is 12.7. The van der Waals surface area contributed by atoms with E-state index < -0.39 is 0 Å². The average Bonchev–Trinajstić information content (AvgIpc) is 3.27. The molecule has 1 saturated carbocycles. The maximum absolute atomic E-state index is 11.6. The van der Waals surface area contributed by atoms with E-state index in [4.69, 9.17) is 11.6 Å². The molecular weight excluding hydrogens is 417 g/mol. The predicted octanol–water partition coefficient (Wildman–Crippen LogP) is 1.64. The van der Waals surface area contributed by atoms with Gasteiger partial charge < -0.3 is 15.5 Å². The molecule has 8 heteroatoms. The van der Waals surface area contributed by atoms with E-state index in [-0.39, 0.29) is 36.4 Å². The molecule has 2 N–H and O–H groups in total. The molecule has 1 aromatic rings. The van der Waals surface area contributed by atoms with Crippen LogP contribution in [0.4, 0.5) is 0 Å². The van der Waals surface area contributed by atoms with Crippen LogP contribution >= 0.6 is 35.6 Å². The van der Waals surface area contributed by atoms with E-state index in [1.807, 2.05) is 6.07 Å². The van der Waals surface area contributed by atoms with Crippen LogP contribution in [0.5, 0.6) is 0 Å². The van der Waals surface area contributed by atoms with Crippen molar-refractivity contribution >= 4 is 47.4 Å². The molecule has 1 aromatic heterocycles. The summed E-state index contributed by atoms with van der Waals surface area (Å²) in [4.78, 5) is 21.8. The SMILES string of the molecule is CN(C)C(=O)CNC(=NCc1ccc(Cl)cn1)NC1CC1.I. The fourth-order valence-electron chi connectivity index (χ4n) is 1.55. The Balaban J connectivity index is 0.00000242. The number of aliphatic imine (C=N–C) groups is 1. The second-order valence-corrected chi connectivity index (χ2v) is 5.63. The molecule has 0 atom stereocenters. The Morgan fingerprint density at radius 3 is 2.73 bits per heavy atom. The Labute approximate surface area is 152 Å². The van der Waals surface area contributed by atoms with Gasteiger partial charge in [-0.3, -0.25) is 9.78 Å². The van der Waals surface area contributed by atoms with Gasteiger partial charge in [0, 0.05) is 26.3 Å². The molecule has 1 aliphatic rings. The minimum absolute atomic E-state index is 0. The van der Waals surface area contributed by atoms with Crippen molar-refractivity contribution < 1.29 is 4.79 Å². The first-order chi connectivity index (χ1) is 10.0. The van der Waals surface area contributed by atoms with Gasteiger partial charge in [-0.25, -0.2) is 4.99 Å². The Hall–Kier alpha value is -1.09. The number of amides is 1. The Morgan fingerprint density at radius 1 is 1.45 bits per heavy atom. The lowest BCUT2D eigenvalue weighted by Gasteiger charge is -2.14. The molecule has 0 radical (unpaired) electrons. The smallest absolute Gasteiger partial charge is 0.241 e. The van der Waals surface area contributed by atoms with Crippen molar-refractivity contribution in [1.82, 2.24) is 20.5 Å². The van der Waals surface area contributed by atoms with E-state index >= 15 is 0 Å². The number of carbonyl (C=O) groups excluding carboxylic acids is 1. The van der Waals surface area contributed by atoms with Crippen molar-refractivity contribution in [2.75, 3.05) is 20.6 Å². The summed E-state index contributed by atoms with van der Waals surface area (Å²) in [6.07, 6.45) is 3.88. The number of pyridine rings is 1. The van der Waals surface area contributed by atoms with Gasteiger partial charge in [0.2, 0.25) is 5.91 Å². The van der Waals surface area contributed by atoms with Crippen LogP contribution in [-0.4, -0.2) is 48.4 Å². The van der Waals surface area contributed by atoms with Crippen molar-refractivity contribution in [2.24, 2.45) is 4.99 Å². The van der Waals surface area contributed by atoms with Crippen LogP contribution in [0.3, 0.4) is 0 Å². The number of nitrogens with one attached hydrogen (secondary N) is 2. The summed E-state index contributed by atoms with van der Waals surface area (Å²) in [6, 6.07) is 4.09. The van der Waals surface area contributed by atoms with Gasteiger partial charge in [0.1, 0.15) is 0 Å². The third kappa shape index (κ3) is 6.78. The molecule has 0 aliphatic heterocycles. The zero-order chi connectivity index (χ0) is 15.2. The zero-order valence-corrected chi connectivity index (χ0v) is 15.8. The Kier molecular flexibility index (Phi) is 7.88. The first-order valence-electron chi connectivity index (χ1n) is 6.90. The van der Waals surface area contributed by atoms with E-state index in [1.165, 1.54) is 0 Å². The van der Waals surface area contributed by atoms with Crippen molar-refractivity contribution in [2.45, 2.75) is 25.4 Å². The molecule has 1 amide bonds. The Bertz CT molecular complexity index is 516. The van der Waals surface area contributed by atoms with Gasteiger partial charge >= 0.3 is 0 Å². The molecule has 6 nitrogen and oxygen atoms in total. The molecular formula is C14H21ClIN5O. The fourth-order valence-corrected chi connectivity index (χ4v) is 1.66. The van der Waals surface area contributed by atoms with Gasteiger partial charge in [-0.15, -0.1) is 24.0 Å². The third-order valence-corrected chi connectivity index (χ3v) is 3.24. The van der Waals surface area contributed by atoms with E-state index in [1.54, 1.807) is 31.3 Å². The number of likely N-dealkylation sites (N-methyl/N-ethyl adjacent to an activating group) is 1. The number of nitrogens with zero attached hydrogens (tertiary/aromatic N) is 3. The van der Waals surface area contributed by atoms with Crippen LogP contribution in [-0.2, 0) is 11.3 Å². The molecule has 0 spiro atoms. The highest BCUT2D eigenvalue weighted by atomic mass is 127. The van der Waals surface area contributed by atoms with E-state index in [2.05, 4.69) is 20.6 Å². The van der Waals surface area contributed by atoms with Crippen molar-refractivity contribution in [1.29, 1.82) is 0 Å².